The number of rotatable bonds is 8. The number of hydrogen-bond donors (Lipinski definition) is 0. The monoisotopic (exact) mass is 282 g/mol. The molecule has 0 N–H and O–H groups in total. The molecule has 1 rings (SSSR count). The summed E-state index contributed by atoms with van der Waals surface area (Å²) in [7, 11) is 3.37. The van der Waals surface area contributed by atoms with Crippen LogP contribution >= 0.6 is 11.6 Å². The summed E-state index contributed by atoms with van der Waals surface area (Å²) in [4.78, 5) is 2.21. The van der Waals surface area contributed by atoms with E-state index < -0.39 is 0 Å². The lowest BCUT2D eigenvalue weighted by Gasteiger charge is -2.22. The first kappa shape index (κ1) is 15.9. The third kappa shape index (κ3) is 5.58. The summed E-state index contributed by atoms with van der Waals surface area (Å²) in [5, 5.41) is 9.44. The van der Waals surface area contributed by atoms with Gasteiger partial charge >= 0.3 is 0 Å². The highest BCUT2D eigenvalue weighted by Crippen LogP contribution is 2.19. The minimum Gasteiger partial charge on any atom is -0.383 e. The Balaban J connectivity index is 2.69. The molecule has 0 saturated carbocycles. The molecule has 4 nitrogen and oxygen atoms in total. The van der Waals surface area contributed by atoms with Gasteiger partial charge < -0.3 is 9.47 Å². The molecular formula is C14H19ClN2O2. The Morgan fingerprint density at radius 1 is 1.21 bits per heavy atom. The summed E-state index contributed by atoms with van der Waals surface area (Å²) in [6.45, 7) is 3.68. The highest BCUT2D eigenvalue weighted by molar-refractivity contribution is 6.31. The lowest BCUT2D eigenvalue weighted by molar-refractivity contribution is 0.110. The summed E-state index contributed by atoms with van der Waals surface area (Å²) < 4.78 is 10.2. The maximum Gasteiger partial charge on any atom is 0.0992 e. The quantitative estimate of drug-likeness (QED) is 0.734. The van der Waals surface area contributed by atoms with Crippen LogP contribution in [0.5, 0.6) is 0 Å². The van der Waals surface area contributed by atoms with Crippen molar-refractivity contribution in [3.63, 3.8) is 0 Å². The van der Waals surface area contributed by atoms with Crippen LogP contribution in [0.1, 0.15) is 11.1 Å². The van der Waals surface area contributed by atoms with E-state index in [1.54, 1.807) is 26.4 Å². The lowest BCUT2D eigenvalue weighted by Crippen LogP contribution is -2.30. The van der Waals surface area contributed by atoms with Gasteiger partial charge in [0.1, 0.15) is 0 Å². The van der Waals surface area contributed by atoms with Crippen LogP contribution in [0.4, 0.5) is 0 Å². The van der Waals surface area contributed by atoms with Crippen molar-refractivity contribution in [2.75, 3.05) is 40.5 Å². The number of ether oxygens (including phenoxy) is 2. The van der Waals surface area contributed by atoms with Crippen molar-refractivity contribution in [3.05, 3.63) is 34.3 Å². The topological polar surface area (TPSA) is 45.5 Å². The van der Waals surface area contributed by atoms with E-state index in [0.29, 0.717) is 23.8 Å². The van der Waals surface area contributed by atoms with Crippen LogP contribution in [-0.4, -0.2) is 45.4 Å². The molecule has 0 unspecified atom stereocenters. The Labute approximate surface area is 119 Å². The van der Waals surface area contributed by atoms with Crippen molar-refractivity contribution in [2.24, 2.45) is 0 Å². The average molecular weight is 283 g/mol. The zero-order chi connectivity index (χ0) is 14.1. The van der Waals surface area contributed by atoms with Gasteiger partial charge in [-0.05, 0) is 17.7 Å². The molecule has 0 saturated heterocycles. The molecular weight excluding hydrogens is 264 g/mol. The number of nitrogens with zero attached hydrogens (tertiary/aromatic N) is 2. The second-order valence-corrected chi connectivity index (χ2v) is 4.59. The number of halogens is 1. The van der Waals surface area contributed by atoms with E-state index in [1.807, 2.05) is 6.07 Å². The second kappa shape index (κ2) is 8.89. The fraction of sp³-hybridized carbons (Fsp3) is 0.500. The van der Waals surface area contributed by atoms with Gasteiger partial charge in [-0.3, -0.25) is 4.90 Å². The summed E-state index contributed by atoms with van der Waals surface area (Å²) in [6.07, 6.45) is 0. The molecule has 1 aromatic rings. The van der Waals surface area contributed by atoms with E-state index in [0.717, 1.165) is 25.2 Å². The average Bonchev–Trinajstić information content (AvgIpc) is 2.43. The van der Waals surface area contributed by atoms with Crippen LogP contribution in [0.25, 0.3) is 0 Å². The summed E-state index contributed by atoms with van der Waals surface area (Å²) in [6, 6.07) is 7.46. The van der Waals surface area contributed by atoms with Gasteiger partial charge in [0.2, 0.25) is 0 Å². The molecule has 0 heterocycles. The predicted octanol–water partition coefficient (Wildman–Crippen LogP) is 2.31. The van der Waals surface area contributed by atoms with Crippen LogP contribution in [0.3, 0.4) is 0 Å². The molecule has 0 bridgehead atoms. The smallest absolute Gasteiger partial charge is 0.0992 e. The Kier molecular flexibility index (Phi) is 7.46. The number of nitriles is 1. The zero-order valence-electron chi connectivity index (χ0n) is 11.4. The maximum atomic E-state index is 8.81. The molecule has 0 aliphatic carbocycles. The van der Waals surface area contributed by atoms with E-state index >= 15 is 0 Å². The predicted molar refractivity (Wildman–Crippen MR) is 75.2 cm³/mol. The summed E-state index contributed by atoms with van der Waals surface area (Å²) in [5.74, 6) is 0. The Hall–Kier alpha value is -1.12. The van der Waals surface area contributed by atoms with Gasteiger partial charge in [-0.25, -0.2) is 0 Å². The van der Waals surface area contributed by atoms with E-state index in [9.17, 15) is 0 Å². The minimum atomic E-state index is 0.578. The molecule has 0 aliphatic heterocycles. The number of methoxy groups -OCH3 is 2. The molecule has 0 aliphatic rings. The highest BCUT2D eigenvalue weighted by atomic mass is 35.5. The van der Waals surface area contributed by atoms with Gasteiger partial charge in [0, 0.05) is 38.9 Å². The van der Waals surface area contributed by atoms with Gasteiger partial charge in [-0.2, -0.15) is 5.26 Å². The largest absolute Gasteiger partial charge is 0.383 e. The van der Waals surface area contributed by atoms with Crippen molar-refractivity contribution >= 4 is 11.6 Å². The molecule has 0 aromatic heterocycles. The van der Waals surface area contributed by atoms with Crippen molar-refractivity contribution in [1.82, 2.24) is 4.90 Å². The fourth-order valence-corrected chi connectivity index (χ4v) is 1.94. The standard InChI is InChI=1S/C14H19ClN2O2/c1-18-7-5-17(6-8-19-2)11-13-4-3-12(10-16)9-14(13)15/h3-4,9H,5-8,11H2,1-2H3. The molecule has 0 radical (unpaired) electrons. The van der Waals surface area contributed by atoms with Crippen LogP contribution in [0.2, 0.25) is 5.02 Å². The van der Waals surface area contributed by atoms with Crippen molar-refractivity contribution in [3.8, 4) is 6.07 Å². The van der Waals surface area contributed by atoms with Gasteiger partial charge in [-0.1, -0.05) is 17.7 Å². The van der Waals surface area contributed by atoms with Crippen molar-refractivity contribution in [1.29, 1.82) is 5.26 Å². The third-order valence-electron chi connectivity index (χ3n) is 2.80. The van der Waals surface area contributed by atoms with E-state index in [2.05, 4.69) is 11.0 Å². The lowest BCUT2D eigenvalue weighted by atomic mass is 10.1. The molecule has 19 heavy (non-hydrogen) atoms. The maximum absolute atomic E-state index is 8.81. The first-order valence-electron chi connectivity index (χ1n) is 6.10. The first-order chi connectivity index (χ1) is 9.21. The Morgan fingerprint density at radius 2 is 1.84 bits per heavy atom. The molecule has 1 aromatic carbocycles. The highest BCUT2D eigenvalue weighted by Gasteiger charge is 2.09. The first-order valence-corrected chi connectivity index (χ1v) is 6.47. The molecule has 104 valence electrons. The van der Waals surface area contributed by atoms with Gasteiger partial charge in [0.25, 0.3) is 0 Å². The SMILES string of the molecule is COCCN(CCOC)Cc1ccc(C#N)cc1Cl. The zero-order valence-corrected chi connectivity index (χ0v) is 12.1. The van der Waals surface area contributed by atoms with Crippen LogP contribution < -0.4 is 0 Å². The molecule has 0 atom stereocenters. The third-order valence-corrected chi connectivity index (χ3v) is 3.15. The van der Waals surface area contributed by atoms with E-state index in [1.165, 1.54) is 0 Å². The Bertz CT molecular complexity index is 424. The minimum absolute atomic E-state index is 0.578. The van der Waals surface area contributed by atoms with E-state index in [-0.39, 0.29) is 0 Å². The van der Waals surface area contributed by atoms with Crippen LogP contribution in [-0.2, 0) is 16.0 Å². The van der Waals surface area contributed by atoms with Gasteiger partial charge in [0.05, 0.1) is 24.8 Å². The number of benzene rings is 1. The Morgan fingerprint density at radius 3 is 2.32 bits per heavy atom. The van der Waals surface area contributed by atoms with Crippen LogP contribution in [0.15, 0.2) is 18.2 Å². The molecule has 0 spiro atoms. The van der Waals surface area contributed by atoms with Gasteiger partial charge in [-0.15, -0.1) is 0 Å². The molecule has 5 heteroatoms. The van der Waals surface area contributed by atoms with E-state index in [4.69, 9.17) is 26.3 Å². The second-order valence-electron chi connectivity index (χ2n) is 4.18. The van der Waals surface area contributed by atoms with Crippen LogP contribution in [0, 0.1) is 11.3 Å². The van der Waals surface area contributed by atoms with Crippen molar-refractivity contribution in [2.45, 2.75) is 6.54 Å². The fourth-order valence-electron chi connectivity index (χ4n) is 1.70. The van der Waals surface area contributed by atoms with Crippen molar-refractivity contribution < 1.29 is 9.47 Å². The number of hydrogen-bond acceptors (Lipinski definition) is 4. The van der Waals surface area contributed by atoms with Gasteiger partial charge in [0.15, 0.2) is 0 Å². The summed E-state index contributed by atoms with van der Waals surface area (Å²) in [5.41, 5.74) is 1.59. The normalized spacial score (nSPS) is 10.7. The molecule has 0 amide bonds. The molecule has 0 fully saturated rings. The summed E-state index contributed by atoms with van der Waals surface area (Å²) >= 11 is 6.18.